The first-order valence-electron chi connectivity index (χ1n) is 7.71. The first-order chi connectivity index (χ1) is 11.8. The fourth-order valence-corrected chi connectivity index (χ4v) is 3.27. The second kappa shape index (κ2) is 5.23. The highest BCUT2D eigenvalue weighted by Gasteiger charge is 2.36. The summed E-state index contributed by atoms with van der Waals surface area (Å²) in [7, 11) is 0. The zero-order chi connectivity index (χ0) is 17.9. The number of carbonyl (C=O) groups is 1. The highest BCUT2D eigenvalue weighted by molar-refractivity contribution is 6.30. The first kappa shape index (κ1) is 16.0. The Balaban J connectivity index is 2.24. The van der Waals surface area contributed by atoms with Gasteiger partial charge in [0.15, 0.2) is 16.8 Å². The van der Waals surface area contributed by atoms with Crippen molar-refractivity contribution in [1.29, 1.82) is 0 Å². The third kappa shape index (κ3) is 2.38. The Morgan fingerprint density at radius 2 is 1.96 bits per heavy atom. The third-order valence-corrected chi connectivity index (χ3v) is 4.38. The number of carbonyl (C=O) groups excluding carboxylic acids is 1. The second-order valence-corrected chi connectivity index (χ2v) is 6.76. The molecule has 0 fully saturated rings. The minimum Gasteiger partial charge on any atom is -0.482 e. The number of hydrogen-bond acceptors (Lipinski definition) is 5. The van der Waals surface area contributed by atoms with Crippen LogP contribution in [-0.2, 0) is 4.79 Å². The topological polar surface area (TPSA) is 65.7 Å². The summed E-state index contributed by atoms with van der Waals surface area (Å²) in [6, 6.07) is 1.36. The van der Waals surface area contributed by atoms with E-state index in [1.807, 2.05) is 26.0 Å². The van der Waals surface area contributed by atoms with Crippen molar-refractivity contribution in [2.75, 3.05) is 0 Å². The molecule has 0 saturated heterocycles. The molecule has 3 heterocycles. The Morgan fingerprint density at radius 1 is 1.20 bits per heavy atom. The normalized spacial score (nSPS) is 19.4. The van der Waals surface area contributed by atoms with E-state index in [2.05, 4.69) is 0 Å². The van der Waals surface area contributed by atoms with Crippen LogP contribution in [0.1, 0.15) is 30.7 Å². The molecule has 0 bridgehead atoms. The minimum absolute atomic E-state index is 0.119. The van der Waals surface area contributed by atoms with Gasteiger partial charge in [-0.25, -0.2) is 0 Å². The first-order valence-corrected chi connectivity index (χ1v) is 8.14. The van der Waals surface area contributed by atoms with Crippen LogP contribution in [-0.4, -0.2) is 11.6 Å². The average Bonchev–Trinajstić information content (AvgIpc) is 2.52. The number of ether oxygens (including phenoxy) is 2. The Hall–Kier alpha value is -2.53. The molecule has 127 valence electrons. The van der Waals surface area contributed by atoms with E-state index >= 15 is 0 Å². The Bertz CT molecular complexity index is 1060. The number of fused-ring (bicyclic) bond motifs is 6. The Labute approximate surface area is 148 Å². The van der Waals surface area contributed by atoms with Crippen molar-refractivity contribution in [3.8, 4) is 11.5 Å². The van der Waals surface area contributed by atoms with Crippen molar-refractivity contribution in [2.45, 2.75) is 26.4 Å². The lowest BCUT2D eigenvalue weighted by atomic mass is 9.91. The van der Waals surface area contributed by atoms with Gasteiger partial charge in [-0.3, -0.25) is 9.59 Å². The fraction of sp³-hybridized carbons (Fsp3) is 0.211. The van der Waals surface area contributed by atoms with Crippen LogP contribution in [0.3, 0.4) is 0 Å². The van der Waals surface area contributed by atoms with Crippen molar-refractivity contribution in [1.82, 2.24) is 0 Å². The van der Waals surface area contributed by atoms with Crippen molar-refractivity contribution in [2.24, 2.45) is 0 Å². The van der Waals surface area contributed by atoms with Crippen LogP contribution < -0.4 is 14.9 Å². The third-order valence-electron chi connectivity index (χ3n) is 4.14. The van der Waals surface area contributed by atoms with Gasteiger partial charge in [-0.05, 0) is 38.5 Å². The standard InChI is InChI=1S/C19H14ClO5/c1-9-6-12(21)15-16(23-9)11-4-5-19(2,3)25-17(11)14-10(8-20)7-13(22)24-18(14)15/h4-8H,1-3H3. The van der Waals surface area contributed by atoms with Gasteiger partial charge in [0.25, 0.3) is 0 Å². The van der Waals surface area contributed by atoms with E-state index in [0.717, 1.165) is 0 Å². The molecule has 0 unspecified atom stereocenters. The van der Waals surface area contributed by atoms with Gasteiger partial charge in [0, 0.05) is 11.6 Å². The Kier molecular flexibility index (Phi) is 3.34. The summed E-state index contributed by atoms with van der Waals surface area (Å²) in [5.41, 5.74) is 2.26. The fourth-order valence-electron chi connectivity index (χ4n) is 3.10. The van der Waals surface area contributed by atoms with Crippen molar-refractivity contribution in [3.05, 3.63) is 51.2 Å². The molecule has 2 aromatic rings. The minimum atomic E-state index is -0.605. The predicted octanol–water partition coefficient (Wildman–Crippen LogP) is 3.99. The summed E-state index contributed by atoms with van der Waals surface area (Å²) in [4.78, 5) is 24.6. The zero-order valence-electron chi connectivity index (χ0n) is 13.8. The van der Waals surface area contributed by atoms with E-state index < -0.39 is 11.6 Å². The number of benzene rings is 1. The van der Waals surface area contributed by atoms with Gasteiger partial charge in [-0.1, -0.05) is 11.6 Å². The number of hydrogen-bond donors (Lipinski definition) is 0. The monoisotopic (exact) mass is 357 g/mol. The average molecular weight is 358 g/mol. The molecule has 0 spiro atoms. The van der Waals surface area contributed by atoms with Gasteiger partial charge in [-0.2, -0.15) is 0 Å². The van der Waals surface area contributed by atoms with Crippen LogP contribution in [0.5, 0.6) is 11.5 Å². The van der Waals surface area contributed by atoms with Crippen LogP contribution in [0, 0.1) is 13.3 Å². The molecule has 25 heavy (non-hydrogen) atoms. The predicted molar refractivity (Wildman–Crippen MR) is 94.7 cm³/mol. The van der Waals surface area contributed by atoms with Crippen molar-refractivity contribution < 1.29 is 18.7 Å². The molecule has 5 nitrogen and oxygen atoms in total. The lowest BCUT2D eigenvalue weighted by molar-refractivity contribution is -0.130. The second-order valence-electron chi connectivity index (χ2n) is 6.54. The molecule has 2 aliphatic heterocycles. The maximum absolute atomic E-state index is 12.6. The lowest BCUT2D eigenvalue weighted by Crippen LogP contribution is -2.29. The van der Waals surface area contributed by atoms with Crippen LogP contribution in [0.15, 0.2) is 26.9 Å². The molecular weight excluding hydrogens is 344 g/mol. The van der Waals surface area contributed by atoms with Crippen LogP contribution in [0.4, 0.5) is 0 Å². The molecule has 1 aromatic heterocycles. The van der Waals surface area contributed by atoms with Crippen LogP contribution in [0.25, 0.3) is 22.6 Å². The van der Waals surface area contributed by atoms with E-state index in [4.69, 9.17) is 25.5 Å². The summed E-state index contributed by atoms with van der Waals surface area (Å²) < 4.78 is 17.3. The van der Waals surface area contributed by atoms with Crippen LogP contribution in [0.2, 0.25) is 0 Å². The number of halogens is 1. The van der Waals surface area contributed by atoms with E-state index in [1.165, 1.54) is 18.0 Å². The molecular formula is C19H14ClO5. The largest absolute Gasteiger partial charge is 0.482 e. The molecule has 6 heteroatoms. The molecule has 0 amide bonds. The summed E-state index contributed by atoms with van der Waals surface area (Å²) in [6.45, 7) is 5.49. The summed E-state index contributed by atoms with van der Waals surface area (Å²) in [6.07, 6.45) is 5.00. The van der Waals surface area contributed by atoms with E-state index in [1.54, 1.807) is 6.92 Å². The van der Waals surface area contributed by atoms with Gasteiger partial charge in [-0.15, -0.1) is 0 Å². The molecule has 0 N–H and O–H groups in total. The van der Waals surface area contributed by atoms with Crippen molar-refractivity contribution in [3.63, 3.8) is 0 Å². The molecule has 0 aliphatic carbocycles. The molecule has 4 rings (SSSR count). The summed E-state index contributed by atoms with van der Waals surface area (Å²) >= 11 is 5.93. The summed E-state index contributed by atoms with van der Waals surface area (Å²) in [5, 5.41) is 0.199. The van der Waals surface area contributed by atoms with E-state index in [-0.39, 0.29) is 16.6 Å². The van der Waals surface area contributed by atoms with Gasteiger partial charge in [0.1, 0.15) is 28.9 Å². The highest BCUT2D eigenvalue weighted by atomic mass is 35.5. The summed E-state index contributed by atoms with van der Waals surface area (Å²) in [5.74, 6) is 0.443. The zero-order valence-corrected chi connectivity index (χ0v) is 14.6. The van der Waals surface area contributed by atoms with Gasteiger partial charge < -0.3 is 13.9 Å². The number of rotatable bonds is 0. The van der Waals surface area contributed by atoms with Crippen molar-refractivity contribution >= 4 is 40.2 Å². The SMILES string of the molecule is Cc1cc(=O)c2c3c(c4c(c2o1)C=CC(C)(C)O4)C(=CCl)[CH]C(=O)O3. The van der Waals surface area contributed by atoms with Gasteiger partial charge in [0.2, 0.25) is 0 Å². The van der Waals surface area contributed by atoms with Gasteiger partial charge in [0.05, 0.1) is 11.1 Å². The molecule has 0 saturated carbocycles. The number of aryl methyl sites for hydroxylation is 1. The molecule has 1 radical (unpaired) electrons. The Morgan fingerprint density at radius 3 is 2.68 bits per heavy atom. The van der Waals surface area contributed by atoms with E-state index in [0.29, 0.717) is 33.8 Å². The maximum Gasteiger partial charge on any atom is 0.320 e. The van der Waals surface area contributed by atoms with E-state index in [9.17, 15) is 9.59 Å². The molecule has 2 aliphatic rings. The van der Waals surface area contributed by atoms with Gasteiger partial charge >= 0.3 is 5.97 Å². The lowest BCUT2D eigenvalue weighted by Gasteiger charge is -2.32. The molecule has 1 aromatic carbocycles. The number of esters is 1. The van der Waals surface area contributed by atoms with Crippen LogP contribution >= 0.6 is 11.6 Å². The maximum atomic E-state index is 12.6. The smallest absolute Gasteiger partial charge is 0.320 e. The highest BCUT2D eigenvalue weighted by Crippen LogP contribution is 2.49. The quantitative estimate of drug-likeness (QED) is 0.527. The molecule has 0 atom stereocenters.